The molecule has 0 saturated carbocycles. The normalized spacial score (nSPS) is 10.8. The zero-order valence-corrected chi connectivity index (χ0v) is 16.9. The Morgan fingerprint density at radius 1 is 0.967 bits per heavy atom. The van der Waals surface area contributed by atoms with Crippen LogP contribution in [-0.2, 0) is 9.59 Å². The fraction of sp³-hybridized carbons (Fsp3) is 0.278. The number of carboxylic acids is 2. The highest BCUT2D eigenvalue weighted by atomic mass is 33.1. The quantitative estimate of drug-likeness (QED) is 0.304. The van der Waals surface area contributed by atoms with Gasteiger partial charge in [0, 0.05) is 23.4 Å². The SMILES string of the molecule is O=C(O)C(F)(F)F.O=C(O)CCSSCCNC(=O)c1ccc2ccccc2c1F. The maximum absolute atomic E-state index is 14.3. The van der Waals surface area contributed by atoms with E-state index >= 15 is 0 Å². The van der Waals surface area contributed by atoms with Crippen molar-refractivity contribution >= 4 is 50.2 Å². The van der Waals surface area contributed by atoms with Gasteiger partial charge in [-0.2, -0.15) is 13.2 Å². The molecular weight excluding hydrogens is 450 g/mol. The van der Waals surface area contributed by atoms with Gasteiger partial charge in [0.2, 0.25) is 0 Å². The van der Waals surface area contributed by atoms with Crippen LogP contribution in [0.25, 0.3) is 10.8 Å². The van der Waals surface area contributed by atoms with Crippen LogP contribution in [0.15, 0.2) is 36.4 Å². The van der Waals surface area contributed by atoms with Gasteiger partial charge < -0.3 is 15.5 Å². The molecule has 2 rings (SSSR count). The number of hydrogen-bond donors (Lipinski definition) is 3. The molecule has 0 heterocycles. The average Bonchev–Trinajstić information content (AvgIpc) is 2.67. The van der Waals surface area contributed by atoms with Gasteiger partial charge in [0.25, 0.3) is 5.91 Å². The molecule has 0 saturated heterocycles. The molecule has 0 aliphatic carbocycles. The van der Waals surface area contributed by atoms with Crippen LogP contribution in [0, 0.1) is 5.82 Å². The van der Waals surface area contributed by atoms with E-state index in [2.05, 4.69) is 5.32 Å². The second-order valence-corrected chi connectivity index (χ2v) is 8.20. The molecule has 2 aromatic carbocycles. The van der Waals surface area contributed by atoms with Crippen LogP contribution in [0.5, 0.6) is 0 Å². The highest BCUT2D eigenvalue weighted by Crippen LogP contribution is 2.22. The molecule has 0 atom stereocenters. The summed E-state index contributed by atoms with van der Waals surface area (Å²) in [7, 11) is 2.93. The Labute approximate surface area is 176 Å². The van der Waals surface area contributed by atoms with Crippen molar-refractivity contribution in [1.29, 1.82) is 0 Å². The van der Waals surface area contributed by atoms with Gasteiger partial charge in [-0.3, -0.25) is 9.59 Å². The molecule has 0 aromatic heterocycles. The van der Waals surface area contributed by atoms with Crippen LogP contribution in [-0.4, -0.2) is 52.3 Å². The first-order chi connectivity index (χ1) is 14.0. The lowest BCUT2D eigenvalue weighted by Crippen LogP contribution is -2.26. The number of rotatable bonds is 8. The number of alkyl halides is 3. The number of carboxylic acid groups (broad SMARTS) is 2. The van der Waals surface area contributed by atoms with Crippen molar-refractivity contribution < 1.29 is 42.2 Å². The van der Waals surface area contributed by atoms with Crippen molar-refractivity contribution in [3.63, 3.8) is 0 Å². The van der Waals surface area contributed by atoms with E-state index in [1.807, 2.05) is 6.07 Å². The number of halogens is 4. The van der Waals surface area contributed by atoms with E-state index < -0.39 is 29.8 Å². The minimum absolute atomic E-state index is 0.0345. The van der Waals surface area contributed by atoms with Gasteiger partial charge in [-0.25, -0.2) is 9.18 Å². The zero-order valence-electron chi connectivity index (χ0n) is 15.2. The second kappa shape index (κ2) is 12.3. The van der Waals surface area contributed by atoms with E-state index in [9.17, 15) is 27.2 Å². The first-order valence-electron chi connectivity index (χ1n) is 8.25. The number of amides is 1. The lowest BCUT2D eigenvalue weighted by atomic mass is 10.1. The highest BCUT2D eigenvalue weighted by molar-refractivity contribution is 8.76. The number of fused-ring (bicyclic) bond motifs is 1. The Hall–Kier alpha value is -2.47. The van der Waals surface area contributed by atoms with Gasteiger partial charge in [0.1, 0.15) is 5.82 Å². The summed E-state index contributed by atoms with van der Waals surface area (Å²) in [4.78, 5) is 31.3. The molecule has 0 bridgehead atoms. The van der Waals surface area contributed by atoms with Crippen LogP contribution in [0.4, 0.5) is 17.6 Å². The molecule has 30 heavy (non-hydrogen) atoms. The van der Waals surface area contributed by atoms with Crippen molar-refractivity contribution in [3.8, 4) is 0 Å². The van der Waals surface area contributed by atoms with Crippen LogP contribution in [0.2, 0.25) is 0 Å². The minimum Gasteiger partial charge on any atom is -0.481 e. The fourth-order valence-corrected chi connectivity index (χ4v) is 3.84. The summed E-state index contributed by atoms with van der Waals surface area (Å²) in [6.07, 6.45) is -4.97. The molecule has 2 aromatic rings. The zero-order chi connectivity index (χ0) is 22.7. The third kappa shape index (κ3) is 8.91. The molecule has 164 valence electrons. The summed E-state index contributed by atoms with van der Waals surface area (Å²) in [5, 5.41) is 19.5. The topological polar surface area (TPSA) is 104 Å². The molecule has 0 unspecified atom stereocenters. The Kier molecular flexibility index (Phi) is 10.5. The Morgan fingerprint density at radius 2 is 1.57 bits per heavy atom. The van der Waals surface area contributed by atoms with Crippen LogP contribution < -0.4 is 5.32 Å². The molecule has 1 amide bonds. The minimum atomic E-state index is -5.08. The number of carbonyl (C=O) groups excluding carboxylic acids is 1. The molecule has 6 nitrogen and oxygen atoms in total. The molecule has 0 aliphatic heterocycles. The molecule has 0 aliphatic rings. The van der Waals surface area contributed by atoms with Gasteiger partial charge >= 0.3 is 18.1 Å². The van der Waals surface area contributed by atoms with Gasteiger partial charge in [0.15, 0.2) is 0 Å². The number of nitrogens with one attached hydrogen (secondary N) is 1. The molecule has 0 fully saturated rings. The van der Waals surface area contributed by atoms with E-state index in [1.54, 1.807) is 24.3 Å². The van der Waals surface area contributed by atoms with E-state index in [1.165, 1.54) is 27.7 Å². The third-order valence-corrected chi connectivity index (χ3v) is 5.71. The van der Waals surface area contributed by atoms with E-state index in [0.29, 0.717) is 23.4 Å². The van der Waals surface area contributed by atoms with Crippen LogP contribution in [0.3, 0.4) is 0 Å². The van der Waals surface area contributed by atoms with E-state index in [-0.39, 0.29) is 12.0 Å². The Morgan fingerprint density at radius 3 is 2.17 bits per heavy atom. The molecule has 3 N–H and O–H groups in total. The van der Waals surface area contributed by atoms with Crippen LogP contribution in [0.1, 0.15) is 16.8 Å². The van der Waals surface area contributed by atoms with E-state index in [4.69, 9.17) is 15.0 Å². The summed E-state index contributed by atoms with van der Waals surface area (Å²) >= 11 is 0. The molecule has 0 radical (unpaired) electrons. The van der Waals surface area contributed by atoms with Crippen molar-refractivity contribution in [2.45, 2.75) is 12.6 Å². The largest absolute Gasteiger partial charge is 0.490 e. The maximum Gasteiger partial charge on any atom is 0.490 e. The Balaban J connectivity index is 0.000000553. The number of benzene rings is 2. The first kappa shape index (κ1) is 25.6. The molecule has 0 spiro atoms. The van der Waals surface area contributed by atoms with Crippen molar-refractivity contribution in [2.24, 2.45) is 0 Å². The number of hydrogen-bond acceptors (Lipinski definition) is 5. The molecular formula is C18H17F4NO5S2. The summed E-state index contributed by atoms with van der Waals surface area (Å²) in [6, 6.07) is 10.2. The standard InChI is InChI=1S/C16H16FNO3S2.C2HF3O2/c17-15-12-4-2-1-3-11(12)5-6-13(15)16(21)18-8-10-23-22-9-7-14(19)20;3-2(4,5)1(6)7/h1-6H,7-10H2,(H,18,21)(H,19,20);(H,6,7). The summed E-state index contributed by atoms with van der Waals surface area (Å²) in [6.45, 7) is 0.399. The smallest absolute Gasteiger partial charge is 0.481 e. The maximum atomic E-state index is 14.3. The average molecular weight is 467 g/mol. The number of aliphatic carboxylic acids is 2. The van der Waals surface area contributed by atoms with Crippen molar-refractivity contribution in [1.82, 2.24) is 5.32 Å². The van der Waals surface area contributed by atoms with Gasteiger partial charge in [0.05, 0.1) is 12.0 Å². The van der Waals surface area contributed by atoms with Gasteiger partial charge in [-0.15, -0.1) is 0 Å². The second-order valence-electron chi connectivity index (χ2n) is 5.49. The fourth-order valence-electron chi connectivity index (χ4n) is 1.96. The third-order valence-electron chi connectivity index (χ3n) is 3.30. The molecule has 12 heteroatoms. The van der Waals surface area contributed by atoms with Crippen LogP contribution >= 0.6 is 21.6 Å². The Bertz CT molecular complexity index is 892. The van der Waals surface area contributed by atoms with E-state index in [0.717, 1.165) is 5.39 Å². The lowest BCUT2D eigenvalue weighted by Gasteiger charge is -2.08. The predicted octanol–water partition coefficient (Wildman–Crippen LogP) is 4.20. The summed E-state index contributed by atoms with van der Waals surface area (Å²) in [5.74, 6) is -3.38. The van der Waals surface area contributed by atoms with Gasteiger partial charge in [-0.05, 0) is 11.5 Å². The van der Waals surface area contributed by atoms with Crippen molar-refractivity contribution in [2.75, 3.05) is 18.1 Å². The monoisotopic (exact) mass is 467 g/mol. The summed E-state index contributed by atoms with van der Waals surface area (Å²) in [5.41, 5.74) is 0.0345. The first-order valence-corrected chi connectivity index (χ1v) is 10.7. The van der Waals surface area contributed by atoms with Gasteiger partial charge in [-0.1, -0.05) is 51.9 Å². The predicted molar refractivity (Wildman–Crippen MR) is 107 cm³/mol. The summed E-state index contributed by atoms with van der Waals surface area (Å²) < 4.78 is 46.1. The highest BCUT2D eigenvalue weighted by Gasteiger charge is 2.38. The number of carbonyl (C=O) groups is 3. The van der Waals surface area contributed by atoms with Crippen molar-refractivity contribution in [3.05, 3.63) is 47.8 Å². The lowest BCUT2D eigenvalue weighted by molar-refractivity contribution is -0.192.